The molecular weight excluding hydrogens is 254 g/mol. The van der Waals surface area contributed by atoms with E-state index in [0.29, 0.717) is 0 Å². The van der Waals surface area contributed by atoms with Crippen LogP contribution in [-0.2, 0) is 13.1 Å². The van der Waals surface area contributed by atoms with E-state index >= 15 is 0 Å². The molecule has 0 aliphatic heterocycles. The van der Waals surface area contributed by atoms with Crippen LogP contribution in [0.1, 0.15) is 23.7 Å². The Morgan fingerprint density at radius 3 is 2.84 bits per heavy atom. The highest BCUT2D eigenvalue weighted by molar-refractivity contribution is 7.13. The number of anilines is 1. The molecule has 102 valence electrons. The van der Waals surface area contributed by atoms with Gasteiger partial charge in [0.2, 0.25) is 0 Å². The van der Waals surface area contributed by atoms with Crippen molar-refractivity contribution in [2.24, 2.45) is 0 Å². The molecule has 0 saturated heterocycles. The molecule has 0 atom stereocenters. The second-order valence-corrected chi connectivity index (χ2v) is 5.52. The molecule has 2 aromatic rings. The minimum atomic E-state index is 0.852. The number of aryl methyl sites for hydroxylation is 1. The minimum absolute atomic E-state index is 0.852. The van der Waals surface area contributed by atoms with Crippen molar-refractivity contribution in [2.45, 2.75) is 26.9 Å². The number of nitrogens with one attached hydrogen (secondary N) is 1. The Labute approximate surface area is 119 Å². The third-order valence-corrected chi connectivity index (χ3v) is 4.09. The molecule has 1 heterocycles. The van der Waals surface area contributed by atoms with Crippen LogP contribution in [-0.4, -0.2) is 18.6 Å². The third kappa shape index (κ3) is 3.78. The van der Waals surface area contributed by atoms with Gasteiger partial charge in [0.15, 0.2) is 5.13 Å². The maximum Gasteiger partial charge on any atom is 0.185 e. The highest BCUT2D eigenvalue weighted by atomic mass is 32.1. The quantitative estimate of drug-likeness (QED) is 0.877. The minimum Gasteiger partial charge on any atom is -0.347 e. The Kier molecular flexibility index (Phi) is 4.93. The van der Waals surface area contributed by atoms with Crippen LogP contribution < -0.4 is 10.2 Å². The molecule has 0 amide bonds. The summed E-state index contributed by atoms with van der Waals surface area (Å²) in [6.45, 7) is 7.00. The van der Waals surface area contributed by atoms with Gasteiger partial charge in [-0.2, -0.15) is 0 Å². The second-order valence-electron chi connectivity index (χ2n) is 4.68. The largest absolute Gasteiger partial charge is 0.347 e. The number of thiazole rings is 1. The Hall–Kier alpha value is -1.39. The van der Waals surface area contributed by atoms with Crippen LogP contribution in [0.2, 0.25) is 0 Å². The predicted molar refractivity (Wildman–Crippen MR) is 82.8 cm³/mol. The highest BCUT2D eigenvalue weighted by Crippen LogP contribution is 2.21. The lowest BCUT2D eigenvalue weighted by Gasteiger charge is -2.17. The van der Waals surface area contributed by atoms with Gasteiger partial charge in [0.05, 0.1) is 5.69 Å². The number of hydrogen-bond acceptors (Lipinski definition) is 4. The van der Waals surface area contributed by atoms with Crippen LogP contribution in [0.3, 0.4) is 0 Å². The lowest BCUT2D eigenvalue weighted by atomic mass is 10.1. The first-order valence-electron chi connectivity index (χ1n) is 6.61. The summed E-state index contributed by atoms with van der Waals surface area (Å²) in [7, 11) is 2.10. The van der Waals surface area contributed by atoms with Gasteiger partial charge in [-0.25, -0.2) is 4.98 Å². The molecule has 0 bridgehead atoms. The molecule has 4 heteroatoms. The lowest BCUT2D eigenvalue weighted by Crippen LogP contribution is -2.17. The van der Waals surface area contributed by atoms with Crippen LogP contribution in [0.4, 0.5) is 5.13 Å². The van der Waals surface area contributed by atoms with Crippen LogP contribution in [0, 0.1) is 6.92 Å². The van der Waals surface area contributed by atoms with Gasteiger partial charge < -0.3 is 10.2 Å². The van der Waals surface area contributed by atoms with Crippen LogP contribution in [0.25, 0.3) is 0 Å². The molecule has 0 spiro atoms. The zero-order valence-electron chi connectivity index (χ0n) is 11.8. The number of aromatic nitrogens is 1. The first-order valence-corrected chi connectivity index (χ1v) is 7.49. The van der Waals surface area contributed by atoms with Gasteiger partial charge in [0, 0.05) is 25.5 Å². The number of hydrogen-bond donors (Lipinski definition) is 1. The maximum absolute atomic E-state index is 4.66. The zero-order chi connectivity index (χ0) is 13.7. The molecule has 19 heavy (non-hydrogen) atoms. The van der Waals surface area contributed by atoms with Gasteiger partial charge in [-0.15, -0.1) is 11.3 Å². The monoisotopic (exact) mass is 275 g/mol. The molecule has 1 aromatic heterocycles. The summed E-state index contributed by atoms with van der Waals surface area (Å²) < 4.78 is 0. The second kappa shape index (κ2) is 6.68. The van der Waals surface area contributed by atoms with E-state index in [0.717, 1.165) is 30.5 Å². The Balaban J connectivity index is 2.01. The van der Waals surface area contributed by atoms with E-state index in [-0.39, 0.29) is 0 Å². The molecule has 0 unspecified atom stereocenters. The number of benzene rings is 1. The average Bonchev–Trinajstić information content (AvgIpc) is 2.88. The Bertz CT molecular complexity index is 522. The molecule has 2 rings (SSSR count). The van der Waals surface area contributed by atoms with E-state index in [4.69, 9.17) is 0 Å². The molecule has 0 aliphatic carbocycles. The van der Waals surface area contributed by atoms with E-state index in [2.05, 4.69) is 65.7 Å². The van der Waals surface area contributed by atoms with Gasteiger partial charge in [-0.1, -0.05) is 31.2 Å². The summed E-state index contributed by atoms with van der Waals surface area (Å²) in [5.41, 5.74) is 3.81. The predicted octanol–water partition coefficient (Wildman–Crippen LogP) is 3.20. The van der Waals surface area contributed by atoms with Crippen molar-refractivity contribution in [3.8, 4) is 0 Å². The highest BCUT2D eigenvalue weighted by Gasteiger charge is 2.08. The topological polar surface area (TPSA) is 28.2 Å². The van der Waals surface area contributed by atoms with Gasteiger partial charge >= 0.3 is 0 Å². The van der Waals surface area contributed by atoms with Gasteiger partial charge in [0.25, 0.3) is 0 Å². The summed E-state index contributed by atoms with van der Waals surface area (Å²) in [6, 6.07) is 8.51. The smallest absolute Gasteiger partial charge is 0.185 e. The first kappa shape index (κ1) is 14.0. The van der Waals surface area contributed by atoms with E-state index < -0.39 is 0 Å². The van der Waals surface area contributed by atoms with Crippen molar-refractivity contribution in [2.75, 3.05) is 18.5 Å². The van der Waals surface area contributed by atoms with Gasteiger partial charge in [-0.3, -0.25) is 0 Å². The normalized spacial score (nSPS) is 10.7. The third-order valence-electron chi connectivity index (χ3n) is 3.09. The van der Waals surface area contributed by atoms with Crippen molar-refractivity contribution in [1.82, 2.24) is 10.3 Å². The van der Waals surface area contributed by atoms with E-state index in [1.165, 1.54) is 11.1 Å². The van der Waals surface area contributed by atoms with E-state index in [9.17, 15) is 0 Å². The molecule has 0 fully saturated rings. The molecule has 3 nitrogen and oxygen atoms in total. The first-order chi connectivity index (χ1) is 9.20. The molecule has 1 aromatic carbocycles. The van der Waals surface area contributed by atoms with E-state index in [1.807, 2.05) is 0 Å². The summed E-state index contributed by atoms with van der Waals surface area (Å²) in [4.78, 5) is 6.87. The SMILES string of the molecule is CCNCc1csc(N(C)Cc2ccccc2C)n1. The van der Waals surface area contributed by atoms with Crippen molar-refractivity contribution < 1.29 is 0 Å². The summed E-state index contributed by atoms with van der Waals surface area (Å²) in [5.74, 6) is 0. The summed E-state index contributed by atoms with van der Waals surface area (Å²) in [6.07, 6.45) is 0. The molecule has 1 N–H and O–H groups in total. The number of rotatable bonds is 6. The Morgan fingerprint density at radius 2 is 2.11 bits per heavy atom. The molecule has 0 radical (unpaired) electrons. The van der Waals surface area contributed by atoms with Gasteiger partial charge in [-0.05, 0) is 24.6 Å². The van der Waals surface area contributed by atoms with Crippen molar-refractivity contribution >= 4 is 16.5 Å². The maximum atomic E-state index is 4.66. The van der Waals surface area contributed by atoms with Crippen molar-refractivity contribution in [3.05, 3.63) is 46.5 Å². The van der Waals surface area contributed by atoms with Crippen LogP contribution >= 0.6 is 11.3 Å². The summed E-state index contributed by atoms with van der Waals surface area (Å²) in [5, 5.41) is 6.51. The van der Waals surface area contributed by atoms with Gasteiger partial charge in [0.1, 0.15) is 0 Å². The average molecular weight is 275 g/mol. The van der Waals surface area contributed by atoms with Crippen LogP contribution in [0.5, 0.6) is 0 Å². The fourth-order valence-corrected chi connectivity index (χ4v) is 2.71. The fourth-order valence-electron chi connectivity index (χ4n) is 1.92. The fraction of sp³-hybridized carbons (Fsp3) is 0.400. The molecule has 0 saturated carbocycles. The summed E-state index contributed by atoms with van der Waals surface area (Å²) >= 11 is 1.71. The number of nitrogens with zero attached hydrogens (tertiary/aromatic N) is 2. The van der Waals surface area contributed by atoms with E-state index in [1.54, 1.807) is 11.3 Å². The Morgan fingerprint density at radius 1 is 1.32 bits per heavy atom. The van der Waals surface area contributed by atoms with Crippen LogP contribution in [0.15, 0.2) is 29.6 Å². The molecule has 0 aliphatic rings. The molecular formula is C15H21N3S. The van der Waals surface area contributed by atoms with Crippen molar-refractivity contribution in [1.29, 1.82) is 0 Å². The lowest BCUT2D eigenvalue weighted by molar-refractivity contribution is 0.713. The zero-order valence-corrected chi connectivity index (χ0v) is 12.6. The van der Waals surface area contributed by atoms with Crippen molar-refractivity contribution in [3.63, 3.8) is 0 Å². The standard InChI is InChI=1S/C15H21N3S/c1-4-16-9-14-11-19-15(17-14)18(3)10-13-8-6-5-7-12(13)2/h5-8,11,16H,4,9-10H2,1-3H3.